The van der Waals surface area contributed by atoms with Gasteiger partial charge < -0.3 is 14.9 Å². The van der Waals surface area contributed by atoms with Crippen LogP contribution in [0, 0.1) is 5.41 Å². The number of carbonyl (C=O) groups is 1. The fraction of sp³-hybridized carbons (Fsp3) is 0.643. The van der Waals surface area contributed by atoms with Gasteiger partial charge in [-0.05, 0) is 24.7 Å². The average Bonchev–Trinajstić information content (AvgIpc) is 2.90. The van der Waals surface area contributed by atoms with Gasteiger partial charge in [-0.3, -0.25) is 0 Å². The van der Waals surface area contributed by atoms with Crippen molar-refractivity contribution >= 4 is 23.4 Å². The number of rotatable bonds is 1. The SMILES string of the molecule is O=C(O)N1CCC2(CC1)CCN(c1cnc(C(F)(F)F)nc1Cl)C2. The Bertz CT molecular complexity index is 647. The summed E-state index contributed by atoms with van der Waals surface area (Å²) >= 11 is 5.93. The summed E-state index contributed by atoms with van der Waals surface area (Å²) in [5.41, 5.74) is 0.361. The molecule has 3 rings (SSSR count). The summed E-state index contributed by atoms with van der Waals surface area (Å²) in [7, 11) is 0. The highest BCUT2D eigenvalue weighted by Crippen LogP contribution is 2.43. The maximum atomic E-state index is 12.6. The van der Waals surface area contributed by atoms with Crippen LogP contribution in [0.1, 0.15) is 25.1 Å². The van der Waals surface area contributed by atoms with Crippen LogP contribution in [-0.2, 0) is 6.18 Å². The zero-order valence-corrected chi connectivity index (χ0v) is 13.4. The Kier molecular flexibility index (Phi) is 4.23. The lowest BCUT2D eigenvalue weighted by molar-refractivity contribution is -0.144. The summed E-state index contributed by atoms with van der Waals surface area (Å²) in [6.07, 6.45) is -2.12. The van der Waals surface area contributed by atoms with Gasteiger partial charge in [-0.1, -0.05) is 11.6 Å². The van der Waals surface area contributed by atoms with E-state index in [0.29, 0.717) is 31.9 Å². The second kappa shape index (κ2) is 5.94. The second-order valence-corrected chi connectivity index (χ2v) is 6.67. The number of anilines is 1. The van der Waals surface area contributed by atoms with Gasteiger partial charge >= 0.3 is 12.3 Å². The number of alkyl halides is 3. The fourth-order valence-corrected chi connectivity index (χ4v) is 3.67. The number of likely N-dealkylation sites (tertiary alicyclic amines) is 1. The first-order valence-electron chi connectivity index (χ1n) is 7.53. The molecule has 2 saturated heterocycles. The minimum Gasteiger partial charge on any atom is -0.465 e. The molecule has 2 fully saturated rings. The molecule has 3 heterocycles. The molecule has 0 unspecified atom stereocenters. The van der Waals surface area contributed by atoms with Crippen LogP contribution < -0.4 is 4.90 Å². The molecule has 0 saturated carbocycles. The Morgan fingerprint density at radius 3 is 2.42 bits per heavy atom. The molecule has 6 nitrogen and oxygen atoms in total. The van der Waals surface area contributed by atoms with E-state index in [1.165, 1.54) is 4.90 Å². The van der Waals surface area contributed by atoms with Gasteiger partial charge in [-0.2, -0.15) is 13.2 Å². The van der Waals surface area contributed by atoms with E-state index in [-0.39, 0.29) is 10.6 Å². The predicted molar refractivity (Wildman–Crippen MR) is 80.1 cm³/mol. The van der Waals surface area contributed by atoms with E-state index in [4.69, 9.17) is 16.7 Å². The maximum absolute atomic E-state index is 12.6. The fourth-order valence-electron chi connectivity index (χ4n) is 3.42. The number of hydrogen-bond acceptors (Lipinski definition) is 4. The summed E-state index contributed by atoms with van der Waals surface area (Å²) in [4.78, 5) is 21.0. The lowest BCUT2D eigenvalue weighted by atomic mass is 9.78. The number of aromatic nitrogens is 2. The van der Waals surface area contributed by atoms with Crippen LogP contribution in [0.3, 0.4) is 0 Å². The van der Waals surface area contributed by atoms with Crippen LogP contribution in [-0.4, -0.2) is 52.2 Å². The molecule has 1 N–H and O–H groups in total. The number of nitrogens with zero attached hydrogens (tertiary/aromatic N) is 4. The molecule has 1 amide bonds. The van der Waals surface area contributed by atoms with Crippen LogP contribution in [0.15, 0.2) is 6.20 Å². The first-order chi connectivity index (χ1) is 11.2. The third-order valence-electron chi connectivity index (χ3n) is 4.85. The van der Waals surface area contributed by atoms with Crippen molar-refractivity contribution in [2.45, 2.75) is 25.4 Å². The van der Waals surface area contributed by atoms with Crippen LogP contribution in [0.2, 0.25) is 5.15 Å². The van der Waals surface area contributed by atoms with Crippen LogP contribution in [0.5, 0.6) is 0 Å². The first kappa shape index (κ1) is 17.1. The molecule has 0 aliphatic carbocycles. The Balaban J connectivity index is 1.71. The van der Waals surface area contributed by atoms with E-state index >= 15 is 0 Å². The summed E-state index contributed by atoms with van der Waals surface area (Å²) in [5, 5.41) is 8.81. The zero-order valence-electron chi connectivity index (χ0n) is 12.7. The molecule has 0 radical (unpaired) electrons. The summed E-state index contributed by atoms with van der Waals surface area (Å²) in [6.45, 7) is 2.21. The van der Waals surface area contributed by atoms with Gasteiger partial charge in [0.15, 0.2) is 5.15 Å². The number of halogens is 4. The highest BCUT2D eigenvalue weighted by Gasteiger charge is 2.42. The summed E-state index contributed by atoms with van der Waals surface area (Å²) < 4.78 is 37.8. The number of amides is 1. The lowest BCUT2D eigenvalue weighted by Crippen LogP contribution is -2.43. The van der Waals surface area contributed by atoms with Gasteiger partial charge in [-0.15, -0.1) is 0 Å². The molecule has 0 atom stereocenters. The normalized spacial score (nSPS) is 20.7. The second-order valence-electron chi connectivity index (χ2n) is 6.31. The van der Waals surface area contributed by atoms with Crippen molar-refractivity contribution in [1.82, 2.24) is 14.9 Å². The molecule has 2 aliphatic rings. The minimum atomic E-state index is -4.63. The minimum absolute atomic E-state index is 0.0298. The molecular weight excluding hydrogens is 349 g/mol. The molecule has 10 heteroatoms. The van der Waals surface area contributed by atoms with E-state index in [1.807, 2.05) is 4.90 Å². The largest absolute Gasteiger partial charge is 0.465 e. The molecule has 132 valence electrons. The molecular formula is C14H16ClF3N4O2. The molecule has 1 aromatic rings. The van der Waals surface area contributed by atoms with E-state index in [0.717, 1.165) is 25.5 Å². The Labute approximate surface area is 141 Å². The monoisotopic (exact) mass is 364 g/mol. The quantitative estimate of drug-likeness (QED) is 0.775. The van der Waals surface area contributed by atoms with Crippen molar-refractivity contribution in [3.63, 3.8) is 0 Å². The van der Waals surface area contributed by atoms with Crippen LogP contribution >= 0.6 is 11.6 Å². The third-order valence-corrected chi connectivity index (χ3v) is 5.13. The molecule has 1 spiro atoms. The third kappa shape index (κ3) is 3.22. The predicted octanol–water partition coefficient (Wildman–Crippen LogP) is 3.12. The number of hydrogen-bond donors (Lipinski definition) is 1. The molecule has 1 aromatic heterocycles. The van der Waals surface area contributed by atoms with Gasteiger partial charge in [0.2, 0.25) is 5.82 Å². The van der Waals surface area contributed by atoms with Crippen molar-refractivity contribution < 1.29 is 23.1 Å². The summed E-state index contributed by atoms with van der Waals surface area (Å²) in [5.74, 6) is -1.25. The molecule has 2 aliphatic heterocycles. The van der Waals surface area contributed by atoms with Crippen molar-refractivity contribution in [2.24, 2.45) is 5.41 Å². The number of carboxylic acid groups (broad SMARTS) is 1. The van der Waals surface area contributed by atoms with E-state index in [1.54, 1.807) is 0 Å². The highest BCUT2D eigenvalue weighted by molar-refractivity contribution is 6.32. The van der Waals surface area contributed by atoms with Gasteiger partial charge in [0, 0.05) is 26.2 Å². The smallest absolute Gasteiger partial charge is 0.451 e. The molecule has 24 heavy (non-hydrogen) atoms. The summed E-state index contributed by atoms with van der Waals surface area (Å²) in [6, 6.07) is 0. The highest BCUT2D eigenvalue weighted by atomic mass is 35.5. The standard InChI is InChI=1S/C14H16ClF3N4O2/c15-10-9(7-19-11(20-10)14(16,17)18)22-6-3-13(8-22)1-4-21(5-2-13)12(23)24/h7H,1-6,8H2,(H,23,24). The molecule has 0 aromatic carbocycles. The topological polar surface area (TPSA) is 69.6 Å². The Morgan fingerprint density at radius 2 is 1.88 bits per heavy atom. The van der Waals surface area contributed by atoms with Crippen molar-refractivity contribution in [3.05, 3.63) is 17.2 Å². The van der Waals surface area contributed by atoms with Gasteiger partial charge in [0.1, 0.15) is 0 Å². The molecule has 0 bridgehead atoms. The van der Waals surface area contributed by atoms with Crippen LogP contribution in [0.25, 0.3) is 0 Å². The lowest BCUT2D eigenvalue weighted by Gasteiger charge is -2.38. The van der Waals surface area contributed by atoms with E-state index in [9.17, 15) is 18.0 Å². The Morgan fingerprint density at radius 1 is 1.25 bits per heavy atom. The van der Waals surface area contributed by atoms with Crippen LogP contribution in [0.4, 0.5) is 23.7 Å². The van der Waals surface area contributed by atoms with Gasteiger partial charge in [0.05, 0.1) is 11.9 Å². The zero-order chi connectivity index (χ0) is 17.5. The Hall–Kier alpha value is -1.77. The first-order valence-corrected chi connectivity index (χ1v) is 7.91. The van der Waals surface area contributed by atoms with Crippen molar-refractivity contribution in [1.29, 1.82) is 0 Å². The van der Waals surface area contributed by atoms with E-state index < -0.39 is 18.1 Å². The van der Waals surface area contributed by atoms with Gasteiger partial charge in [0.25, 0.3) is 0 Å². The number of piperidine rings is 1. The van der Waals surface area contributed by atoms with Crippen molar-refractivity contribution in [3.8, 4) is 0 Å². The van der Waals surface area contributed by atoms with Crippen molar-refractivity contribution in [2.75, 3.05) is 31.1 Å². The average molecular weight is 365 g/mol. The maximum Gasteiger partial charge on any atom is 0.451 e. The van der Waals surface area contributed by atoms with Gasteiger partial charge in [-0.25, -0.2) is 14.8 Å². The van der Waals surface area contributed by atoms with E-state index in [2.05, 4.69) is 9.97 Å².